The first-order valence-corrected chi connectivity index (χ1v) is 11.7. The minimum absolute atomic E-state index is 0.0571. The van der Waals surface area contributed by atoms with Crippen LogP contribution in [-0.2, 0) is 6.42 Å². The van der Waals surface area contributed by atoms with Gasteiger partial charge in [0, 0.05) is 53.6 Å². The predicted octanol–water partition coefficient (Wildman–Crippen LogP) is 6.20. The number of nitrogens with two attached hydrogens (primary N) is 1. The summed E-state index contributed by atoms with van der Waals surface area (Å²) in [5.74, 6) is 0.959. The summed E-state index contributed by atoms with van der Waals surface area (Å²) in [6, 6.07) is 0.182. The van der Waals surface area contributed by atoms with Crippen molar-refractivity contribution in [1.82, 2.24) is 9.88 Å². The van der Waals surface area contributed by atoms with E-state index in [1.54, 1.807) is 0 Å². The average Bonchev–Trinajstić information content (AvgIpc) is 2.98. The van der Waals surface area contributed by atoms with Crippen LogP contribution in [0.1, 0.15) is 79.4 Å². The van der Waals surface area contributed by atoms with Crippen LogP contribution >= 0.6 is 0 Å². The van der Waals surface area contributed by atoms with Gasteiger partial charge in [-0.05, 0) is 74.8 Å². The second-order valence-corrected chi connectivity index (χ2v) is 10.4. The molecule has 176 valence electrons. The molecule has 0 aromatic carbocycles. The number of nitrogens with one attached hydrogen (secondary N) is 3. The highest BCUT2D eigenvalue weighted by atomic mass is 15.1. The molecule has 5 heteroatoms. The summed E-state index contributed by atoms with van der Waals surface area (Å²) in [7, 11) is 0. The van der Waals surface area contributed by atoms with Gasteiger partial charge in [-0.25, -0.2) is 0 Å². The van der Waals surface area contributed by atoms with E-state index in [1.807, 2.05) is 6.92 Å². The lowest BCUT2D eigenvalue weighted by molar-refractivity contribution is 0.420. The van der Waals surface area contributed by atoms with Gasteiger partial charge in [-0.2, -0.15) is 0 Å². The molecule has 5 nitrogen and oxygen atoms in total. The molecule has 0 saturated carbocycles. The Hall–Kier alpha value is -2.53. The summed E-state index contributed by atoms with van der Waals surface area (Å²) in [6.07, 6.45) is 10.6. The lowest BCUT2D eigenvalue weighted by Crippen LogP contribution is -2.19. The molecule has 1 aromatic rings. The average molecular weight is 438 g/mol. The number of anilines is 1. The van der Waals surface area contributed by atoms with Gasteiger partial charge in [0.1, 0.15) is 5.82 Å². The Bertz CT molecular complexity index is 945. The highest BCUT2D eigenvalue weighted by molar-refractivity contribution is 5.89. The molecule has 1 aromatic heterocycles. The third kappa shape index (κ3) is 6.49. The van der Waals surface area contributed by atoms with E-state index in [0.717, 1.165) is 53.3 Å². The van der Waals surface area contributed by atoms with Crippen molar-refractivity contribution in [2.75, 3.05) is 5.32 Å². The molecule has 0 spiro atoms. The molecule has 0 saturated heterocycles. The van der Waals surface area contributed by atoms with E-state index in [2.05, 4.69) is 88.6 Å². The first kappa shape index (κ1) is 25.7. The number of rotatable bonds is 9. The van der Waals surface area contributed by atoms with Crippen LogP contribution in [0.25, 0.3) is 5.70 Å². The third-order valence-corrected chi connectivity index (χ3v) is 5.41. The zero-order valence-corrected chi connectivity index (χ0v) is 21.3. The molecular formula is C27H43N5. The molecule has 0 radical (unpaired) electrons. The number of dihydropyridines is 1. The van der Waals surface area contributed by atoms with Crippen LogP contribution in [0.3, 0.4) is 0 Å². The Kier molecular flexibility index (Phi) is 8.35. The van der Waals surface area contributed by atoms with Gasteiger partial charge in [-0.15, -0.1) is 0 Å². The largest absolute Gasteiger partial charge is 0.368 e. The number of nitrogens with zero attached hydrogens (tertiary/aromatic N) is 1. The summed E-state index contributed by atoms with van der Waals surface area (Å²) >= 11 is 0. The molecule has 1 aliphatic heterocycles. The normalized spacial score (nSPS) is 16.2. The summed E-state index contributed by atoms with van der Waals surface area (Å²) in [4.78, 5) is 0. The molecule has 0 aliphatic carbocycles. The molecule has 2 heterocycles. The fourth-order valence-corrected chi connectivity index (χ4v) is 4.21. The van der Waals surface area contributed by atoms with Crippen molar-refractivity contribution in [2.45, 2.75) is 86.7 Å². The van der Waals surface area contributed by atoms with E-state index < -0.39 is 0 Å². The van der Waals surface area contributed by atoms with Gasteiger partial charge in [-0.3, -0.25) is 0 Å². The number of allylic oxidation sites excluding steroid dienone is 5. The van der Waals surface area contributed by atoms with Crippen molar-refractivity contribution in [3.63, 3.8) is 0 Å². The topological polar surface area (TPSA) is 78.9 Å². The zero-order chi connectivity index (χ0) is 24.2. The summed E-state index contributed by atoms with van der Waals surface area (Å²) in [5.41, 5.74) is 14.1. The maximum Gasteiger partial charge on any atom is 0.119 e. The van der Waals surface area contributed by atoms with Crippen molar-refractivity contribution in [2.24, 2.45) is 11.1 Å². The molecule has 0 amide bonds. The number of hydrogen-bond donors (Lipinski definition) is 4. The molecule has 1 atom stereocenters. The Morgan fingerprint density at radius 1 is 1.31 bits per heavy atom. The number of hydrogen-bond acceptors (Lipinski definition) is 4. The van der Waals surface area contributed by atoms with Crippen molar-refractivity contribution >= 4 is 17.7 Å². The van der Waals surface area contributed by atoms with Gasteiger partial charge in [-0.1, -0.05) is 34.3 Å². The summed E-state index contributed by atoms with van der Waals surface area (Å²) in [6.45, 7) is 21.5. The fourth-order valence-electron chi connectivity index (χ4n) is 4.21. The Morgan fingerprint density at radius 2 is 1.97 bits per heavy atom. The first-order chi connectivity index (χ1) is 14.9. The van der Waals surface area contributed by atoms with Crippen LogP contribution < -0.4 is 16.4 Å². The van der Waals surface area contributed by atoms with Gasteiger partial charge in [0.25, 0.3) is 0 Å². The van der Waals surface area contributed by atoms with Gasteiger partial charge in [0.15, 0.2) is 0 Å². The summed E-state index contributed by atoms with van der Waals surface area (Å²) in [5, 5.41) is 15.2. The van der Waals surface area contributed by atoms with E-state index in [1.165, 1.54) is 17.4 Å². The monoisotopic (exact) mass is 437 g/mol. The van der Waals surface area contributed by atoms with Gasteiger partial charge >= 0.3 is 0 Å². The SMILES string of the molecule is C=C1NC(C)=CC(CC)=C1Cc1cn(/C(=C/C(C)N)CC(C)(C)C)c(NC(C)C)c1C=N. The minimum atomic E-state index is -0.0571. The maximum atomic E-state index is 8.25. The molecule has 0 fully saturated rings. The molecular weight excluding hydrogens is 394 g/mol. The molecule has 32 heavy (non-hydrogen) atoms. The fraction of sp³-hybridized carbons (Fsp3) is 0.519. The van der Waals surface area contributed by atoms with Crippen LogP contribution in [0.15, 0.2) is 47.5 Å². The quantitative estimate of drug-likeness (QED) is 0.347. The minimum Gasteiger partial charge on any atom is -0.368 e. The predicted molar refractivity (Wildman–Crippen MR) is 140 cm³/mol. The first-order valence-electron chi connectivity index (χ1n) is 11.7. The van der Waals surface area contributed by atoms with Crippen molar-refractivity contribution < 1.29 is 0 Å². The maximum absolute atomic E-state index is 8.25. The van der Waals surface area contributed by atoms with Crippen molar-refractivity contribution in [3.05, 3.63) is 58.6 Å². The van der Waals surface area contributed by atoms with Crippen LogP contribution in [0.4, 0.5) is 5.82 Å². The van der Waals surface area contributed by atoms with Gasteiger partial charge in [0.2, 0.25) is 0 Å². The summed E-state index contributed by atoms with van der Waals surface area (Å²) < 4.78 is 2.22. The molecule has 0 bridgehead atoms. The molecule has 2 rings (SSSR count). The molecule has 1 aliphatic rings. The smallest absolute Gasteiger partial charge is 0.119 e. The van der Waals surface area contributed by atoms with Crippen LogP contribution in [0.2, 0.25) is 0 Å². The Labute approximate surface area is 195 Å². The van der Waals surface area contributed by atoms with Gasteiger partial charge in [0.05, 0.1) is 0 Å². The Morgan fingerprint density at radius 3 is 2.47 bits per heavy atom. The van der Waals surface area contributed by atoms with E-state index in [0.29, 0.717) is 0 Å². The standard InChI is InChI=1S/C27H43N5/c1-10-21-12-19(5)31-20(6)24(21)13-22-16-32(26(25(22)15-28)30-17(2)3)23(11-18(4)29)14-27(7,8)9/h11-12,15-18,28,30-31H,6,10,13-14,29H2,1-5,7-9H3/b23-11+,28-15?. The Balaban J connectivity index is 2.69. The highest BCUT2D eigenvalue weighted by Gasteiger charge is 2.23. The highest BCUT2D eigenvalue weighted by Crippen LogP contribution is 2.35. The van der Waals surface area contributed by atoms with E-state index in [-0.39, 0.29) is 17.5 Å². The van der Waals surface area contributed by atoms with Crippen molar-refractivity contribution in [3.8, 4) is 0 Å². The lowest BCUT2D eigenvalue weighted by atomic mass is 9.90. The zero-order valence-electron chi connectivity index (χ0n) is 21.3. The third-order valence-electron chi connectivity index (χ3n) is 5.41. The van der Waals surface area contributed by atoms with Crippen LogP contribution in [-0.4, -0.2) is 22.9 Å². The lowest BCUT2D eigenvalue weighted by Gasteiger charge is -2.24. The second-order valence-electron chi connectivity index (χ2n) is 10.4. The van der Waals surface area contributed by atoms with Crippen molar-refractivity contribution in [1.29, 1.82) is 5.41 Å². The molecule has 1 unspecified atom stereocenters. The van der Waals surface area contributed by atoms with Gasteiger partial charge < -0.3 is 26.3 Å². The van der Waals surface area contributed by atoms with E-state index in [4.69, 9.17) is 11.1 Å². The van der Waals surface area contributed by atoms with E-state index >= 15 is 0 Å². The number of aromatic nitrogens is 1. The molecule has 5 N–H and O–H groups in total. The van der Waals surface area contributed by atoms with Crippen LogP contribution in [0.5, 0.6) is 0 Å². The second kappa shape index (κ2) is 10.4. The van der Waals surface area contributed by atoms with E-state index in [9.17, 15) is 0 Å². The van der Waals surface area contributed by atoms with Crippen LogP contribution in [0, 0.1) is 10.8 Å².